The summed E-state index contributed by atoms with van der Waals surface area (Å²) in [5.41, 5.74) is 5.01. The molecule has 0 aromatic heterocycles. The van der Waals surface area contributed by atoms with E-state index in [4.69, 9.17) is 9.47 Å². The number of piperazine rings is 1. The first-order chi connectivity index (χ1) is 14.9. The van der Waals surface area contributed by atoms with E-state index in [-0.39, 0.29) is 5.91 Å². The van der Waals surface area contributed by atoms with E-state index in [1.54, 1.807) is 7.11 Å². The summed E-state index contributed by atoms with van der Waals surface area (Å²) in [6.07, 6.45) is 0. The van der Waals surface area contributed by atoms with Crippen molar-refractivity contribution in [1.82, 2.24) is 9.80 Å². The van der Waals surface area contributed by atoms with Gasteiger partial charge in [-0.05, 0) is 62.7 Å². The molecule has 1 fully saturated rings. The van der Waals surface area contributed by atoms with Crippen molar-refractivity contribution >= 4 is 11.6 Å². The maximum absolute atomic E-state index is 12.8. The van der Waals surface area contributed by atoms with Crippen molar-refractivity contribution in [2.45, 2.75) is 27.3 Å². The topological polar surface area (TPSA) is 45.2 Å². The van der Waals surface area contributed by atoms with Crippen molar-refractivity contribution in [3.8, 4) is 11.5 Å². The Morgan fingerprint density at radius 1 is 1.06 bits per heavy atom. The fourth-order valence-corrected chi connectivity index (χ4v) is 4.06. The van der Waals surface area contributed by atoms with Crippen molar-refractivity contribution in [3.05, 3.63) is 53.1 Å². The van der Waals surface area contributed by atoms with Crippen LogP contribution in [0, 0.1) is 13.8 Å². The molecule has 0 aliphatic carbocycles. The molecule has 31 heavy (non-hydrogen) atoms. The van der Waals surface area contributed by atoms with E-state index in [0.29, 0.717) is 19.7 Å². The highest BCUT2D eigenvalue weighted by atomic mass is 16.5. The largest absolute Gasteiger partial charge is 0.493 e. The average molecular weight is 426 g/mol. The molecule has 2 aromatic rings. The number of nitrogens with zero attached hydrogens (tertiary/aromatic N) is 3. The molecule has 0 spiro atoms. The van der Waals surface area contributed by atoms with Gasteiger partial charge in [-0.2, -0.15) is 0 Å². The minimum atomic E-state index is 0.181. The number of carbonyl (C=O) groups excluding carboxylic acids is 1. The second kappa shape index (κ2) is 10.5. The van der Waals surface area contributed by atoms with Gasteiger partial charge in [0.05, 0.1) is 20.3 Å². The third-order valence-electron chi connectivity index (χ3n) is 5.93. The zero-order valence-electron chi connectivity index (χ0n) is 19.5. The van der Waals surface area contributed by atoms with Crippen LogP contribution in [0.3, 0.4) is 0 Å². The Morgan fingerprint density at radius 2 is 1.81 bits per heavy atom. The molecule has 2 aromatic carbocycles. The van der Waals surface area contributed by atoms with Gasteiger partial charge in [0.1, 0.15) is 0 Å². The Hall–Kier alpha value is -2.73. The van der Waals surface area contributed by atoms with Crippen LogP contribution in [-0.2, 0) is 11.3 Å². The van der Waals surface area contributed by atoms with Crippen molar-refractivity contribution in [2.24, 2.45) is 0 Å². The Bertz CT molecular complexity index is 892. The van der Waals surface area contributed by atoms with E-state index in [9.17, 15) is 4.79 Å². The van der Waals surface area contributed by atoms with Crippen LogP contribution in [0.15, 0.2) is 36.4 Å². The van der Waals surface area contributed by atoms with Crippen LogP contribution in [0.2, 0.25) is 0 Å². The Balaban J connectivity index is 1.52. The maximum Gasteiger partial charge on any atom is 0.236 e. The van der Waals surface area contributed by atoms with E-state index < -0.39 is 0 Å². The molecule has 1 heterocycles. The second-order valence-electron chi connectivity index (χ2n) is 8.18. The van der Waals surface area contributed by atoms with Crippen LogP contribution < -0.4 is 14.4 Å². The monoisotopic (exact) mass is 425 g/mol. The predicted molar refractivity (Wildman–Crippen MR) is 125 cm³/mol. The number of amides is 1. The number of benzene rings is 2. The third kappa shape index (κ3) is 5.70. The predicted octanol–water partition coefficient (Wildman–Crippen LogP) is 3.49. The Kier molecular flexibility index (Phi) is 7.80. The van der Waals surface area contributed by atoms with Gasteiger partial charge in [0.2, 0.25) is 5.91 Å². The zero-order valence-corrected chi connectivity index (χ0v) is 19.5. The fraction of sp³-hybridized carbons (Fsp3) is 0.480. The first kappa shape index (κ1) is 22.9. The summed E-state index contributed by atoms with van der Waals surface area (Å²) >= 11 is 0. The molecule has 1 aliphatic rings. The first-order valence-electron chi connectivity index (χ1n) is 11.0. The van der Waals surface area contributed by atoms with Crippen molar-refractivity contribution in [2.75, 3.05) is 58.4 Å². The molecule has 0 bridgehead atoms. The van der Waals surface area contributed by atoms with Crippen molar-refractivity contribution < 1.29 is 14.3 Å². The highest BCUT2D eigenvalue weighted by molar-refractivity contribution is 5.78. The lowest BCUT2D eigenvalue weighted by molar-refractivity contribution is -0.132. The van der Waals surface area contributed by atoms with Gasteiger partial charge in [-0.1, -0.05) is 18.2 Å². The summed E-state index contributed by atoms with van der Waals surface area (Å²) in [5.74, 6) is 1.65. The van der Waals surface area contributed by atoms with E-state index in [1.807, 2.05) is 37.1 Å². The van der Waals surface area contributed by atoms with E-state index >= 15 is 0 Å². The van der Waals surface area contributed by atoms with Gasteiger partial charge in [-0.15, -0.1) is 0 Å². The molecule has 0 radical (unpaired) electrons. The summed E-state index contributed by atoms with van der Waals surface area (Å²) < 4.78 is 11.0. The number of methoxy groups -OCH3 is 1. The van der Waals surface area contributed by atoms with Crippen LogP contribution in [0.5, 0.6) is 11.5 Å². The molecule has 1 saturated heterocycles. The third-order valence-corrected chi connectivity index (χ3v) is 5.93. The number of hydrogen-bond acceptors (Lipinski definition) is 5. The van der Waals surface area contributed by atoms with E-state index in [1.165, 1.54) is 16.8 Å². The smallest absolute Gasteiger partial charge is 0.236 e. The Morgan fingerprint density at radius 3 is 2.48 bits per heavy atom. The quantitative estimate of drug-likeness (QED) is 0.648. The lowest BCUT2D eigenvalue weighted by atomic mass is 10.1. The van der Waals surface area contributed by atoms with Crippen LogP contribution in [0.25, 0.3) is 0 Å². The number of anilines is 1. The van der Waals surface area contributed by atoms with Crippen LogP contribution in [-0.4, -0.2) is 69.2 Å². The standard InChI is InChI=1S/C25H35N3O3/c1-6-31-23-11-10-21(16-24(23)30-5)17-26(4)18-25(29)28-14-12-27(13-15-28)22-9-7-8-19(2)20(22)3/h7-11,16H,6,12-15,17-18H2,1-5H3. The molecule has 0 N–H and O–H groups in total. The minimum Gasteiger partial charge on any atom is -0.493 e. The highest BCUT2D eigenvalue weighted by Crippen LogP contribution is 2.28. The van der Waals surface area contributed by atoms with Crippen molar-refractivity contribution in [1.29, 1.82) is 0 Å². The van der Waals surface area contributed by atoms with Crippen LogP contribution in [0.1, 0.15) is 23.6 Å². The molecule has 3 rings (SSSR count). The summed E-state index contributed by atoms with van der Waals surface area (Å²) in [7, 11) is 3.62. The number of aryl methyl sites for hydroxylation is 1. The van der Waals surface area contributed by atoms with Gasteiger partial charge in [0, 0.05) is 38.4 Å². The number of rotatable bonds is 8. The summed E-state index contributed by atoms with van der Waals surface area (Å²) in [5, 5.41) is 0. The summed E-state index contributed by atoms with van der Waals surface area (Å²) in [4.78, 5) is 19.3. The lowest BCUT2D eigenvalue weighted by Gasteiger charge is -2.37. The maximum atomic E-state index is 12.8. The highest BCUT2D eigenvalue weighted by Gasteiger charge is 2.23. The number of likely N-dealkylation sites (N-methyl/N-ethyl adjacent to an activating group) is 1. The number of ether oxygens (including phenoxy) is 2. The molecule has 0 unspecified atom stereocenters. The van der Waals surface area contributed by atoms with E-state index in [0.717, 1.165) is 43.2 Å². The average Bonchev–Trinajstić information content (AvgIpc) is 2.77. The molecule has 1 aliphatic heterocycles. The molecule has 168 valence electrons. The number of carbonyl (C=O) groups is 1. The molecule has 0 atom stereocenters. The molecule has 0 saturated carbocycles. The van der Waals surface area contributed by atoms with Gasteiger partial charge >= 0.3 is 0 Å². The fourth-order valence-electron chi connectivity index (χ4n) is 4.06. The van der Waals surface area contributed by atoms with Gasteiger partial charge < -0.3 is 19.3 Å². The SMILES string of the molecule is CCOc1ccc(CN(C)CC(=O)N2CCN(c3cccc(C)c3C)CC2)cc1OC. The molecular weight excluding hydrogens is 390 g/mol. The van der Waals surface area contributed by atoms with Gasteiger partial charge in [0.25, 0.3) is 0 Å². The van der Waals surface area contributed by atoms with Gasteiger partial charge in [-0.3, -0.25) is 9.69 Å². The normalized spacial score (nSPS) is 14.1. The number of hydrogen-bond donors (Lipinski definition) is 0. The van der Waals surface area contributed by atoms with E-state index in [2.05, 4.69) is 41.8 Å². The molecule has 6 nitrogen and oxygen atoms in total. The molecular formula is C25H35N3O3. The summed E-state index contributed by atoms with van der Waals surface area (Å²) in [6, 6.07) is 12.4. The Labute approximate surface area is 186 Å². The lowest BCUT2D eigenvalue weighted by Crippen LogP contribution is -2.51. The molecule has 6 heteroatoms. The summed E-state index contributed by atoms with van der Waals surface area (Å²) in [6.45, 7) is 11.2. The first-order valence-corrected chi connectivity index (χ1v) is 11.0. The van der Waals surface area contributed by atoms with Crippen molar-refractivity contribution in [3.63, 3.8) is 0 Å². The molecule has 1 amide bonds. The van der Waals surface area contributed by atoms with Gasteiger partial charge in [-0.25, -0.2) is 0 Å². The minimum absolute atomic E-state index is 0.181. The zero-order chi connectivity index (χ0) is 22.4. The van der Waals surface area contributed by atoms with Gasteiger partial charge in [0.15, 0.2) is 11.5 Å². The van der Waals surface area contributed by atoms with Crippen LogP contribution in [0.4, 0.5) is 5.69 Å². The second-order valence-corrected chi connectivity index (χ2v) is 8.18. The van der Waals surface area contributed by atoms with Crippen LogP contribution >= 0.6 is 0 Å².